The summed E-state index contributed by atoms with van der Waals surface area (Å²) in [6.07, 6.45) is 0.878. The summed E-state index contributed by atoms with van der Waals surface area (Å²) in [5.41, 5.74) is 0.292. The molecule has 1 aromatic carbocycles. The van der Waals surface area contributed by atoms with Crippen LogP contribution in [0.3, 0.4) is 0 Å². The first-order valence-electron chi connectivity index (χ1n) is 9.32. The summed E-state index contributed by atoms with van der Waals surface area (Å²) in [5, 5.41) is -1.86. The molecule has 0 saturated heterocycles. The Morgan fingerprint density at radius 3 is 2.22 bits per heavy atom. The van der Waals surface area contributed by atoms with Gasteiger partial charge in [0.2, 0.25) is 0 Å². The molecule has 0 heterocycles. The van der Waals surface area contributed by atoms with Gasteiger partial charge in [0.25, 0.3) is 0 Å². The van der Waals surface area contributed by atoms with Gasteiger partial charge in [0.1, 0.15) is 16.6 Å². The van der Waals surface area contributed by atoms with Gasteiger partial charge in [0, 0.05) is 3.42 Å². The minimum Gasteiger partial charge on any atom is -0.430 e. The van der Waals surface area contributed by atoms with Gasteiger partial charge in [-0.2, -0.15) is 8.78 Å². The number of ether oxygens (including phenoxy) is 1. The molecule has 0 aromatic heterocycles. The maximum Gasteiger partial charge on any atom is 0.407 e. The van der Waals surface area contributed by atoms with Crippen molar-refractivity contribution in [3.8, 4) is 5.75 Å². The van der Waals surface area contributed by atoms with Crippen LogP contribution >= 0.6 is 43.4 Å². The number of aryl methyl sites for hydroxylation is 1. The van der Waals surface area contributed by atoms with Crippen LogP contribution < -0.4 is 4.74 Å². The number of benzene rings is 1. The van der Waals surface area contributed by atoms with E-state index in [9.17, 15) is 4.39 Å². The molecule has 0 bridgehead atoms. The van der Waals surface area contributed by atoms with Crippen LogP contribution in [-0.4, -0.2) is 14.7 Å². The first-order chi connectivity index (χ1) is 12.3. The van der Waals surface area contributed by atoms with Gasteiger partial charge in [0.05, 0.1) is 5.16 Å². The molecule has 1 nitrogen and oxygen atoms in total. The van der Waals surface area contributed by atoms with E-state index >= 15 is 8.78 Å². The van der Waals surface area contributed by atoms with Crippen LogP contribution in [0.25, 0.3) is 0 Å². The molecule has 0 radical (unpaired) electrons. The molecule has 27 heavy (non-hydrogen) atoms. The van der Waals surface area contributed by atoms with Gasteiger partial charge in [-0.15, -0.1) is 9.24 Å². The topological polar surface area (TPSA) is 9.23 Å². The van der Waals surface area contributed by atoms with Crippen LogP contribution in [0.4, 0.5) is 13.2 Å². The van der Waals surface area contributed by atoms with E-state index in [2.05, 4.69) is 45.7 Å². The molecule has 7 heteroatoms. The maximum absolute atomic E-state index is 15.1. The fourth-order valence-electron chi connectivity index (χ4n) is 3.78. The van der Waals surface area contributed by atoms with E-state index in [1.165, 1.54) is 26.0 Å². The number of rotatable bonds is 6. The van der Waals surface area contributed by atoms with E-state index in [0.29, 0.717) is 11.5 Å². The summed E-state index contributed by atoms with van der Waals surface area (Å²) in [6.45, 7) is 7.44. The van der Waals surface area contributed by atoms with Crippen LogP contribution in [0.1, 0.15) is 58.4 Å². The average Bonchev–Trinajstić information content (AvgIpc) is 2.62. The lowest BCUT2D eigenvalue weighted by atomic mass is 9.71. The van der Waals surface area contributed by atoms with Crippen molar-refractivity contribution in [1.29, 1.82) is 0 Å². The Morgan fingerprint density at radius 1 is 1.19 bits per heavy atom. The van der Waals surface area contributed by atoms with Crippen molar-refractivity contribution in [2.75, 3.05) is 0 Å². The van der Waals surface area contributed by atoms with Crippen LogP contribution in [0, 0.1) is 24.6 Å². The third kappa shape index (κ3) is 4.88. The summed E-state index contributed by atoms with van der Waals surface area (Å²) in [5.74, 6) is -0.711. The molecular weight excluding hydrogens is 507 g/mol. The Bertz CT molecular complexity index is 673. The van der Waals surface area contributed by atoms with Crippen molar-refractivity contribution >= 4 is 43.4 Å². The van der Waals surface area contributed by atoms with Crippen molar-refractivity contribution in [3.05, 3.63) is 28.5 Å². The minimum atomic E-state index is -3.49. The molecular formula is C20H28ClF3IOP. The van der Waals surface area contributed by atoms with Gasteiger partial charge < -0.3 is 4.74 Å². The Morgan fingerprint density at radius 2 is 1.70 bits per heavy atom. The van der Waals surface area contributed by atoms with Gasteiger partial charge in [-0.3, -0.25) is 0 Å². The van der Waals surface area contributed by atoms with Gasteiger partial charge >= 0.3 is 6.11 Å². The van der Waals surface area contributed by atoms with Gasteiger partial charge in [-0.1, -0.05) is 54.1 Å². The first-order valence-corrected chi connectivity index (χ1v) is 11.4. The minimum absolute atomic E-state index is 0.200. The van der Waals surface area contributed by atoms with Crippen LogP contribution in [-0.2, 0) is 0 Å². The average molecular weight is 535 g/mol. The molecule has 154 valence electrons. The maximum atomic E-state index is 15.1. The number of halogens is 5. The van der Waals surface area contributed by atoms with Crippen molar-refractivity contribution in [3.63, 3.8) is 0 Å². The quantitative estimate of drug-likeness (QED) is 0.206. The van der Waals surface area contributed by atoms with E-state index in [1.807, 2.05) is 0 Å². The highest BCUT2D eigenvalue weighted by Crippen LogP contribution is 2.52. The molecule has 1 aromatic rings. The van der Waals surface area contributed by atoms with E-state index < -0.39 is 22.1 Å². The van der Waals surface area contributed by atoms with Crippen molar-refractivity contribution in [1.82, 2.24) is 0 Å². The SMILES string of the molecule is CC[C@@](C)(I)C1CCC(C(C)(P)C(F)(F)Oc2ccc(C)c(F)c2Cl)CC1. The number of hydrogen-bond acceptors (Lipinski definition) is 1. The predicted molar refractivity (Wildman–Crippen MR) is 118 cm³/mol. The number of alkyl halides is 3. The molecule has 1 fully saturated rings. The normalized spacial score (nSPS) is 25.6. The van der Waals surface area contributed by atoms with Crippen molar-refractivity contribution in [2.24, 2.45) is 11.8 Å². The van der Waals surface area contributed by atoms with Crippen LogP contribution in [0.2, 0.25) is 5.02 Å². The predicted octanol–water partition coefficient (Wildman–Crippen LogP) is 7.80. The summed E-state index contributed by atoms with van der Waals surface area (Å²) in [6, 6.07) is 2.69. The summed E-state index contributed by atoms with van der Waals surface area (Å²) in [7, 11) is 2.30. The Balaban J connectivity index is 2.14. The fraction of sp³-hybridized carbons (Fsp3) is 0.700. The smallest absolute Gasteiger partial charge is 0.407 e. The molecule has 1 saturated carbocycles. The Hall–Kier alpha value is 0.260. The monoisotopic (exact) mass is 534 g/mol. The van der Waals surface area contributed by atoms with Gasteiger partial charge in [-0.25, -0.2) is 4.39 Å². The van der Waals surface area contributed by atoms with Gasteiger partial charge in [0.15, 0.2) is 0 Å². The standard InChI is InChI=1S/C20H28ClF3IOP/c1-5-18(3,25)13-7-9-14(10-8-13)19(4,27)20(23,24)26-15-11-6-12(2)17(22)16(15)21/h6,11,13-14H,5,7-10,27H2,1-4H3/t13?,14?,18-,19?/m1/s1. The highest BCUT2D eigenvalue weighted by molar-refractivity contribution is 14.1. The highest BCUT2D eigenvalue weighted by Gasteiger charge is 2.55. The summed E-state index contributed by atoms with van der Waals surface area (Å²) in [4.78, 5) is 0. The fourth-order valence-corrected chi connectivity index (χ4v) is 5.04. The van der Waals surface area contributed by atoms with Gasteiger partial charge in [-0.05, 0) is 69.4 Å². The lowest BCUT2D eigenvalue weighted by Gasteiger charge is -2.45. The molecule has 0 aliphatic heterocycles. The zero-order valence-corrected chi connectivity index (χ0v) is 20.3. The number of hydrogen-bond donors (Lipinski definition) is 0. The zero-order valence-electron chi connectivity index (χ0n) is 16.2. The Labute approximate surface area is 181 Å². The van der Waals surface area contributed by atoms with E-state index in [1.54, 1.807) is 0 Å². The largest absolute Gasteiger partial charge is 0.430 e. The lowest BCUT2D eigenvalue weighted by Crippen LogP contribution is -2.51. The van der Waals surface area contributed by atoms with E-state index in [-0.39, 0.29) is 15.1 Å². The Kier molecular flexibility index (Phi) is 7.46. The first kappa shape index (κ1) is 23.5. The van der Waals surface area contributed by atoms with Crippen LogP contribution in [0.5, 0.6) is 5.75 Å². The molecule has 0 N–H and O–H groups in total. The van der Waals surface area contributed by atoms with Crippen molar-refractivity contribution < 1.29 is 17.9 Å². The summed E-state index contributed by atoms with van der Waals surface area (Å²) < 4.78 is 49.2. The highest BCUT2D eigenvalue weighted by atomic mass is 127. The third-order valence-corrected chi connectivity index (χ3v) is 9.03. The molecule has 0 spiro atoms. The molecule has 2 unspecified atom stereocenters. The molecule has 1 aliphatic rings. The molecule has 1 aliphatic carbocycles. The lowest BCUT2D eigenvalue weighted by molar-refractivity contribution is -0.211. The van der Waals surface area contributed by atoms with E-state index in [0.717, 1.165) is 32.1 Å². The zero-order chi connectivity index (χ0) is 20.6. The third-order valence-electron chi connectivity index (χ3n) is 6.22. The molecule has 2 rings (SSSR count). The van der Waals surface area contributed by atoms with E-state index in [4.69, 9.17) is 16.3 Å². The van der Waals surface area contributed by atoms with Crippen molar-refractivity contribution in [2.45, 2.75) is 74.5 Å². The second-order valence-corrected chi connectivity index (χ2v) is 12.1. The second kappa shape index (κ2) is 8.55. The van der Waals surface area contributed by atoms with Crippen LogP contribution in [0.15, 0.2) is 12.1 Å². The summed E-state index contributed by atoms with van der Waals surface area (Å²) >= 11 is 8.38. The second-order valence-electron chi connectivity index (χ2n) is 8.09. The molecule has 3 atom stereocenters. The molecule has 0 amide bonds.